The van der Waals surface area contributed by atoms with Gasteiger partial charge in [-0.1, -0.05) is 19.1 Å². The number of aromatic nitrogens is 2. The molecule has 1 fully saturated rings. The van der Waals surface area contributed by atoms with Crippen LogP contribution in [0.2, 0.25) is 0 Å². The Morgan fingerprint density at radius 3 is 2.74 bits per heavy atom. The van der Waals surface area contributed by atoms with E-state index in [1.807, 2.05) is 16.8 Å². The van der Waals surface area contributed by atoms with Crippen molar-refractivity contribution < 1.29 is 19.4 Å². The van der Waals surface area contributed by atoms with E-state index < -0.39 is 12.1 Å². The highest BCUT2D eigenvalue weighted by atomic mass is 16.5. The van der Waals surface area contributed by atoms with Gasteiger partial charge in [-0.3, -0.25) is 4.79 Å². The van der Waals surface area contributed by atoms with Gasteiger partial charge in [0, 0.05) is 17.8 Å². The molecule has 2 aromatic rings. The number of amides is 1. The van der Waals surface area contributed by atoms with Gasteiger partial charge in [0.25, 0.3) is 5.91 Å². The number of carboxylic acid groups (broad SMARTS) is 1. The Kier molecular flexibility index (Phi) is 4.70. The molecule has 0 radical (unpaired) electrons. The first kappa shape index (κ1) is 17.7. The second-order valence-electron chi connectivity index (χ2n) is 7.01. The third-order valence-corrected chi connectivity index (χ3v) is 5.35. The molecule has 0 bridgehead atoms. The number of hydrogen-bond acceptors (Lipinski definition) is 4. The molecule has 1 aliphatic heterocycles. The Bertz CT molecular complexity index is 872. The number of aryl methyl sites for hydroxylation is 1. The van der Waals surface area contributed by atoms with Crippen molar-refractivity contribution in [2.75, 3.05) is 19.7 Å². The van der Waals surface area contributed by atoms with E-state index in [1.54, 1.807) is 4.90 Å². The molecule has 7 nitrogen and oxygen atoms in total. The first-order valence-corrected chi connectivity index (χ1v) is 9.42. The van der Waals surface area contributed by atoms with Crippen LogP contribution < -0.4 is 0 Å². The minimum Gasteiger partial charge on any atom is -0.479 e. The van der Waals surface area contributed by atoms with E-state index in [1.165, 1.54) is 5.56 Å². The van der Waals surface area contributed by atoms with Crippen LogP contribution >= 0.6 is 0 Å². The van der Waals surface area contributed by atoms with E-state index in [2.05, 4.69) is 24.2 Å². The van der Waals surface area contributed by atoms with Crippen molar-refractivity contribution in [3.63, 3.8) is 0 Å². The largest absolute Gasteiger partial charge is 0.479 e. The predicted octanol–water partition coefficient (Wildman–Crippen LogP) is 1.85. The second-order valence-corrected chi connectivity index (χ2v) is 7.01. The molecule has 1 amide bonds. The van der Waals surface area contributed by atoms with Crippen LogP contribution in [0.4, 0.5) is 0 Å². The van der Waals surface area contributed by atoms with Crippen LogP contribution in [0.5, 0.6) is 0 Å². The van der Waals surface area contributed by atoms with E-state index >= 15 is 0 Å². The lowest BCUT2D eigenvalue weighted by Gasteiger charge is -2.30. The fourth-order valence-corrected chi connectivity index (χ4v) is 3.83. The number of benzene rings is 1. The van der Waals surface area contributed by atoms with Crippen LogP contribution in [0.15, 0.2) is 24.3 Å². The van der Waals surface area contributed by atoms with Crippen LogP contribution in [-0.4, -0.2) is 57.5 Å². The van der Waals surface area contributed by atoms with Crippen molar-refractivity contribution in [3.8, 4) is 5.69 Å². The zero-order valence-corrected chi connectivity index (χ0v) is 15.4. The summed E-state index contributed by atoms with van der Waals surface area (Å²) in [5, 5.41) is 13.8. The van der Waals surface area contributed by atoms with Gasteiger partial charge in [0.1, 0.15) is 0 Å². The van der Waals surface area contributed by atoms with E-state index in [4.69, 9.17) is 4.74 Å². The summed E-state index contributed by atoms with van der Waals surface area (Å²) in [6, 6.07) is 8.24. The van der Waals surface area contributed by atoms with Crippen molar-refractivity contribution in [1.82, 2.24) is 14.7 Å². The fourth-order valence-electron chi connectivity index (χ4n) is 3.83. The summed E-state index contributed by atoms with van der Waals surface area (Å²) in [6.07, 6.45) is 2.73. The van der Waals surface area contributed by atoms with Gasteiger partial charge in [-0.25, -0.2) is 9.48 Å². The smallest absolute Gasteiger partial charge is 0.334 e. The van der Waals surface area contributed by atoms with E-state index in [0.717, 1.165) is 42.6 Å². The molecule has 1 aromatic heterocycles. The zero-order valence-electron chi connectivity index (χ0n) is 15.4. The number of nitrogens with zero attached hydrogens (tertiary/aromatic N) is 3. The van der Waals surface area contributed by atoms with E-state index in [-0.39, 0.29) is 19.1 Å². The maximum atomic E-state index is 13.1. The Morgan fingerprint density at radius 2 is 2.04 bits per heavy atom. The van der Waals surface area contributed by atoms with Gasteiger partial charge < -0.3 is 14.7 Å². The monoisotopic (exact) mass is 369 g/mol. The van der Waals surface area contributed by atoms with Gasteiger partial charge in [0.15, 0.2) is 11.8 Å². The quantitative estimate of drug-likeness (QED) is 0.889. The first-order valence-electron chi connectivity index (χ1n) is 9.42. The number of carbonyl (C=O) groups excluding carboxylic acids is 1. The molecule has 7 heteroatoms. The SMILES string of the molecule is CCc1ccc(-n2nc(C(=O)N3CCOC(C(=O)O)C3)c3c2CCC3)cc1. The zero-order chi connectivity index (χ0) is 19.0. The number of fused-ring (bicyclic) bond motifs is 1. The second kappa shape index (κ2) is 7.15. The number of aliphatic carboxylic acids is 1. The van der Waals surface area contributed by atoms with Crippen molar-refractivity contribution in [2.45, 2.75) is 38.7 Å². The molecule has 27 heavy (non-hydrogen) atoms. The van der Waals surface area contributed by atoms with Crippen molar-refractivity contribution in [3.05, 3.63) is 46.8 Å². The number of rotatable bonds is 4. The van der Waals surface area contributed by atoms with Crippen LogP contribution in [0.3, 0.4) is 0 Å². The summed E-state index contributed by atoms with van der Waals surface area (Å²) in [7, 11) is 0. The van der Waals surface area contributed by atoms with Crippen LogP contribution in [0.1, 0.15) is 40.7 Å². The number of hydrogen-bond donors (Lipinski definition) is 1. The van der Waals surface area contributed by atoms with E-state index in [9.17, 15) is 14.7 Å². The average Bonchev–Trinajstić information content (AvgIpc) is 3.30. The van der Waals surface area contributed by atoms with Crippen molar-refractivity contribution in [1.29, 1.82) is 0 Å². The molecule has 4 rings (SSSR count). The summed E-state index contributed by atoms with van der Waals surface area (Å²) in [6.45, 7) is 2.78. The van der Waals surface area contributed by atoms with Crippen LogP contribution in [0, 0.1) is 0 Å². The fraction of sp³-hybridized carbons (Fsp3) is 0.450. The number of carboxylic acids is 1. The third kappa shape index (κ3) is 3.23. The molecule has 2 aliphatic rings. The van der Waals surface area contributed by atoms with Gasteiger partial charge in [-0.05, 0) is 43.4 Å². The van der Waals surface area contributed by atoms with Gasteiger partial charge in [0.2, 0.25) is 0 Å². The molecular formula is C20H23N3O4. The van der Waals surface area contributed by atoms with Crippen LogP contribution in [-0.2, 0) is 28.8 Å². The van der Waals surface area contributed by atoms with E-state index in [0.29, 0.717) is 12.2 Å². The average molecular weight is 369 g/mol. The highest BCUT2D eigenvalue weighted by molar-refractivity contribution is 5.94. The Balaban J connectivity index is 1.65. The summed E-state index contributed by atoms with van der Waals surface area (Å²) >= 11 is 0. The van der Waals surface area contributed by atoms with Crippen molar-refractivity contribution in [2.24, 2.45) is 0 Å². The minimum atomic E-state index is -1.04. The Hall–Kier alpha value is -2.67. The topological polar surface area (TPSA) is 84.7 Å². The Labute approximate surface area is 157 Å². The maximum absolute atomic E-state index is 13.1. The number of carbonyl (C=O) groups is 2. The summed E-state index contributed by atoms with van der Waals surface area (Å²) in [5.74, 6) is -1.24. The van der Waals surface area contributed by atoms with Gasteiger partial charge in [0.05, 0.1) is 18.8 Å². The third-order valence-electron chi connectivity index (χ3n) is 5.35. The van der Waals surface area contributed by atoms with Gasteiger partial charge >= 0.3 is 5.97 Å². The molecule has 2 heterocycles. The lowest BCUT2D eigenvalue weighted by atomic mass is 10.1. The molecule has 1 saturated heterocycles. The lowest BCUT2D eigenvalue weighted by molar-refractivity contribution is -0.154. The predicted molar refractivity (Wildman–Crippen MR) is 98.2 cm³/mol. The highest BCUT2D eigenvalue weighted by Crippen LogP contribution is 2.29. The molecule has 142 valence electrons. The standard InChI is InChI=1S/C20H23N3O4/c1-2-13-6-8-14(9-7-13)23-16-5-3-4-15(16)18(21-23)19(24)22-10-11-27-17(12-22)20(25)26/h6-9,17H,2-5,10-12H2,1H3,(H,25,26). The number of ether oxygens (including phenoxy) is 1. The molecule has 1 atom stereocenters. The molecule has 1 aliphatic carbocycles. The normalized spacial score (nSPS) is 19.1. The Morgan fingerprint density at radius 1 is 1.26 bits per heavy atom. The van der Waals surface area contributed by atoms with Crippen LogP contribution in [0.25, 0.3) is 5.69 Å². The van der Waals surface area contributed by atoms with Gasteiger partial charge in [-0.15, -0.1) is 0 Å². The van der Waals surface area contributed by atoms with Gasteiger partial charge in [-0.2, -0.15) is 5.10 Å². The lowest BCUT2D eigenvalue weighted by Crippen LogP contribution is -2.48. The molecule has 1 aromatic carbocycles. The molecular weight excluding hydrogens is 346 g/mol. The summed E-state index contributed by atoms with van der Waals surface area (Å²) in [4.78, 5) is 25.8. The molecule has 0 saturated carbocycles. The maximum Gasteiger partial charge on any atom is 0.334 e. The molecule has 0 spiro atoms. The number of morpholine rings is 1. The molecule has 1 N–H and O–H groups in total. The van der Waals surface area contributed by atoms with Crippen molar-refractivity contribution >= 4 is 11.9 Å². The first-order chi connectivity index (χ1) is 13.1. The highest BCUT2D eigenvalue weighted by Gasteiger charge is 2.34. The minimum absolute atomic E-state index is 0.0565. The summed E-state index contributed by atoms with van der Waals surface area (Å²) in [5.41, 5.74) is 4.75. The summed E-state index contributed by atoms with van der Waals surface area (Å²) < 4.78 is 7.10. The molecule has 1 unspecified atom stereocenters.